The number of aromatic nitrogens is 1. The second-order valence-corrected chi connectivity index (χ2v) is 8.61. The van der Waals surface area contributed by atoms with E-state index in [9.17, 15) is 19.1 Å². The van der Waals surface area contributed by atoms with Crippen LogP contribution in [0.3, 0.4) is 0 Å². The number of ether oxygens (including phenoxy) is 1. The molecule has 1 saturated heterocycles. The van der Waals surface area contributed by atoms with Crippen molar-refractivity contribution in [3.63, 3.8) is 0 Å². The number of aromatic amines is 1. The number of hydrogen-bond acceptors (Lipinski definition) is 4. The van der Waals surface area contributed by atoms with Crippen LogP contribution < -0.4 is 4.74 Å². The van der Waals surface area contributed by atoms with Gasteiger partial charge in [0, 0.05) is 29.2 Å². The minimum Gasteiger partial charge on any atom is -0.507 e. The third-order valence-corrected chi connectivity index (χ3v) is 6.44. The van der Waals surface area contributed by atoms with Gasteiger partial charge in [0.25, 0.3) is 11.7 Å². The minimum absolute atomic E-state index is 0.0614. The molecule has 3 aromatic carbocycles. The summed E-state index contributed by atoms with van der Waals surface area (Å²) in [6.45, 7) is 2.57. The summed E-state index contributed by atoms with van der Waals surface area (Å²) < 4.78 is 19.7. The van der Waals surface area contributed by atoms with Crippen molar-refractivity contribution >= 4 is 28.4 Å². The summed E-state index contributed by atoms with van der Waals surface area (Å²) in [7, 11) is 0. The maximum absolute atomic E-state index is 14.2. The van der Waals surface area contributed by atoms with Crippen LogP contribution in [0.2, 0.25) is 0 Å². The fourth-order valence-corrected chi connectivity index (χ4v) is 4.74. The van der Waals surface area contributed by atoms with Crippen LogP contribution in [0.25, 0.3) is 16.7 Å². The Morgan fingerprint density at radius 2 is 1.83 bits per heavy atom. The van der Waals surface area contributed by atoms with E-state index in [1.54, 1.807) is 30.3 Å². The van der Waals surface area contributed by atoms with Crippen LogP contribution >= 0.6 is 0 Å². The van der Waals surface area contributed by atoms with E-state index in [0.29, 0.717) is 29.9 Å². The Morgan fingerprint density at radius 1 is 1.06 bits per heavy atom. The average molecular weight is 485 g/mol. The normalized spacial score (nSPS) is 17.2. The predicted molar refractivity (Wildman–Crippen MR) is 135 cm³/mol. The maximum Gasteiger partial charge on any atom is 0.295 e. The van der Waals surface area contributed by atoms with Gasteiger partial charge < -0.3 is 19.7 Å². The molecule has 36 heavy (non-hydrogen) atoms. The molecule has 1 aliphatic rings. The second kappa shape index (κ2) is 9.70. The number of para-hydroxylation sites is 1. The summed E-state index contributed by atoms with van der Waals surface area (Å²) in [4.78, 5) is 31.0. The number of carbonyl (C=O) groups excluding carboxylic acids is 2. The monoisotopic (exact) mass is 484 g/mol. The molecular formula is C29H25FN2O4. The molecule has 7 heteroatoms. The van der Waals surface area contributed by atoms with Crippen LogP contribution in [-0.4, -0.2) is 39.8 Å². The van der Waals surface area contributed by atoms with Gasteiger partial charge in [0.2, 0.25) is 0 Å². The number of Topliss-reactive ketones (excluding diaryl/α,β-unsaturated/α-hetero) is 1. The molecule has 0 saturated carbocycles. The molecule has 4 aromatic rings. The van der Waals surface area contributed by atoms with Gasteiger partial charge in [-0.2, -0.15) is 0 Å². The average Bonchev–Trinajstić information content (AvgIpc) is 3.41. The van der Waals surface area contributed by atoms with Gasteiger partial charge in [-0.15, -0.1) is 0 Å². The Hall–Kier alpha value is -4.39. The SMILES string of the molecule is CCOc1ccc(C(O)=C2C(=O)C(=O)N(CCc3c[nH]c4ccccc34)C2c2cccc(F)c2)cc1. The predicted octanol–water partition coefficient (Wildman–Crippen LogP) is 5.37. The molecule has 1 amide bonds. The number of halogens is 1. The van der Waals surface area contributed by atoms with Crippen molar-refractivity contribution in [2.24, 2.45) is 0 Å². The van der Waals surface area contributed by atoms with Crippen LogP contribution in [0.5, 0.6) is 5.75 Å². The first-order chi connectivity index (χ1) is 17.5. The highest BCUT2D eigenvalue weighted by Crippen LogP contribution is 2.40. The number of hydrogen-bond donors (Lipinski definition) is 2. The third kappa shape index (κ3) is 4.24. The molecule has 1 aliphatic heterocycles. The first kappa shape index (κ1) is 23.4. The highest BCUT2D eigenvalue weighted by molar-refractivity contribution is 6.46. The summed E-state index contributed by atoms with van der Waals surface area (Å²) in [5.41, 5.74) is 2.70. The number of likely N-dealkylation sites (tertiary alicyclic amines) is 1. The van der Waals surface area contributed by atoms with E-state index in [1.165, 1.54) is 23.1 Å². The zero-order valence-electron chi connectivity index (χ0n) is 19.7. The summed E-state index contributed by atoms with van der Waals surface area (Å²) in [6, 6.07) is 19.3. The zero-order chi connectivity index (χ0) is 25.2. The fraction of sp³-hybridized carbons (Fsp3) is 0.172. The molecule has 1 fully saturated rings. The number of aliphatic hydroxyl groups is 1. The standard InChI is InChI=1S/C29H25FN2O4/c1-2-36-22-12-10-18(11-13-22)27(33)25-26(19-6-5-7-21(30)16-19)32(29(35)28(25)34)15-14-20-17-31-24-9-4-3-8-23(20)24/h3-13,16-17,26,31,33H,2,14-15H2,1H3. The van der Waals surface area contributed by atoms with Crippen molar-refractivity contribution in [3.05, 3.63) is 107 Å². The molecule has 0 radical (unpaired) electrons. The van der Waals surface area contributed by atoms with Gasteiger partial charge in [-0.25, -0.2) is 4.39 Å². The van der Waals surface area contributed by atoms with Gasteiger partial charge in [0.1, 0.15) is 17.3 Å². The third-order valence-electron chi connectivity index (χ3n) is 6.44. The van der Waals surface area contributed by atoms with E-state index in [1.807, 2.05) is 37.4 Å². The zero-order valence-corrected chi connectivity index (χ0v) is 19.7. The number of amides is 1. The Morgan fingerprint density at radius 3 is 2.58 bits per heavy atom. The number of benzene rings is 3. The van der Waals surface area contributed by atoms with Crippen molar-refractivity contribution < 1.29 is 23.8 Å². The van der Waals surface area contributed by atoms with Crippen LogP contribution in [0.4, 0.5) is 4.39 Å². The lowest BCUT2D eigenvalue weighted by Crippen LogP contribution is -2.31. The van der Waals surface area contributed by atoms with Crippen LogP contribution in [0.1, 0.15) is 29.7 Å². The lowest BCUT2D eigenvalue weighted by atomic mass is 9.95. The topological polar surface area (TPSA) is 82.6 Å². The molecule has 2 N–H and O–H groups in total. The highest BCUT2D eigenvalue weighted by atomic mass is 19.1. The molecule has 1 aromatic heterocycles. The highest BCUT2D eigenvalue weighted by Gasteiger charge is 2.46. The Kier molecular flexibility index (Phi) is 6.29. The van der Waals surface area contributed by atoms with E-state index in [4.69, 9.17) is 4.74 Å². The second-order valence-electron chi connectivity index (χ2n) is 8.61. The lowest BCUT2D eigenvalue weighted by Gasteiger charge is -2.25. The van der Waals surface area contributed by atoms with Crippen molar-refractivity contribution in [1.29, 1.82) is 0 Å². The summed E-state index contributed by atoms with van der Waals surface area (Å²) in [5.74, 6) is -1.70. The number of fused-ring (bicyclic) bond motifs is 1. The molecule has 0 aliphatic carbocycles. The number of rotatable bonds is 7. The first-order valence-electron chi connectivity index (χ1n) is 11.8. The lowest BCUT2D eigenvalue weighted by molar-refractivity contribution is -0.139. The molecule has 2 heterocycles. The van der Waals surface area contributed by atoms with Crippen molar-refractivity contribution in [2.45, 2.75) is 19.4 Å². The molecule has 1 atom stereocenters. The van der Waals surface area contributed by atoms with Crippen molar-refractivity contribution in [2.75, 3.05) is 13.2 Å². The Balaban J connectivity index is 1.54. The number of carbonyl (C=O) groups is 2. The molecule has 5 rings (SSSR count). The first-order valence-corrected chi connectivity index (χ1v) is 11.8. The van der Waals surface area contributed by atoms with Gasteiger partial charge >= 0.3 is 0 Å². The fourth-order valence-electron chi connectivity index (χ4n) is 4.74. The molecule has 1 unspecified atom stereocenters. The van der Waals surface area contributed by atoms with Gasteiger partial charge in [0.05, 0.1) is 18.2 Å². The minimum atomic E-state index is -0.919. The molecule has 182 valence electrons. The van der Waals surface area contributed by atoms with Crippen molar-refractivity contribution in [1.82, 2.24) is 9.88 Å². The van der Waals surface area contributed by atoms with Crippen LogP contribution in [-0.2, 0) is 16.0 Å². The van der Waals surface area contributed by atoms with E-state index >= 15 is 0 Å². The molecule has 0 spiro atoms. The quantitative estimate of drug-likeness (QED) is 0.210. The molecular weight excluding hydrogens is 459 g/mol. The smallest absolute Gasteiger partial charge is 0.295 e. The van der Waals surface area contributed by atoms with Crippen LogP contribution in [0.15, 0.2) is 84.6 Å². The number of ketones is 1. The van der Waals surface area contributed by atoms with Gasteiger partial charge in [-0.1, -0.05) is 30.3 Å². The molecule has 0 bridgehead atoms. The van der Waals surface area contributed by atoms with E-state index in [2.05, 4.69) is 4.98 Å². The molecule has 6 nitrogen and oxygen atoms in total. The van der Waals surface area contributed by atoms with Gasteiger partial charge in [-0.3, -0.25) is 9.59 Å². The Labute approximate surface area is 207 Å². The maximum atomic E-state index is 14.2. The Bertz CT molecular complexity index is 1470. The summed E-state index contributed by atoms with van der Waals surface area (Å²) in [6.07, 6.45) is 2.37. The van der Waals surface area contributed by atoms with E-state index in [-0.39, 0.29) is 17.9 Å². The van der Waals surface area contributed by atoms with Crippen molar-refractivity contribution in [3.8, 4) is 5.75 Å². The number of nitrogens with zero attached hydrogens (tertiary/aromatic N) is 1. The number of nitrogens with one attached hydrogen (secondary N) is 1. The number of aliphatic hydroxyl groups excluding tert-OH is 1. The van der Waals surface area contributed by atoms with Crippen LogP contribution in [0, 0.1) is 5.82 Å². The summed E-state index contributed by atoms with van der Waals surface area (Å²) in [5, 5.41) is 12.2. The largest absolute Gasteiger partial charge is 0.507 e. The summed E-state index contributed by atoms with van der Waals surface area (Å²) >= 11 is 0. The number of H-pyrrole nitrogens is 1. The van der Waals surface area contributed by atoms with E-state index in [0.717, 1.165) is 16.5 Å². The van der Waals surface area contributed by atoms with Gasteiger partial charge in [0.15, 0.2) is 0 Å². The van der Waals surface area contributed by atoms with Gasteiger partial charge in [-0.05, 0) is 66.9 Å². The van der Waals surface area contributed by atoms with E-state index < -0.39 is 23.5 Å².